The van der Waals surface area contributed by atoms with E-state index in [0.29, 0.717) is 48.9 Å². The summed E-state index contributed by atoms with van der Waals surface area (Å²) in [6.45, 7) is 0.981. The van der Waals surface area contributed by atoms with Gasteiger partial charge in [-0.05, 0) is 37.1 Å². The summed E-state index contributed by atoms with van der Waals surface area (Å²) in [4.78, 5) is 26.4. The van der Waals surface area contributed by atoms with E-state index >= 15 is 0 Å². The van der Waals surface area contributed by atoms with Crippen LogP contribution in [-0.2, 0) is 7.05 Å². The maximum Gasteiger partial charge on any atom is 0.323 e. The summed E-state index contributed by atoms with van der Waals surface area (Å²) in [7, 11) is 3.21. The molecule has 0 bridgehead atoms. The lowest BCUT2D eigenvalue weighted by Gasteiger charge is -2.29. The summed E-state index contributed by atoms with van der Waals surface area (Å²) in [5.41, 5.74) is 0.939. The smallest absolute Gasteiger partial charge is 0.323 e. The molecule has 0 atom stereocenters. The van der Waals surface area contributed by atoms with Crippen LogP contribution in [0.15, 0.2) is 30.3 Å². The van der Waals surface area contributed by atoms with E-state index < -0.39 is 0 Å². The van der Waals surface area contributed by atoms with Gasteiger partial charge in [-0.3, -0.25) is 14.8 Å². The standard InChI is InChI=1S/C18H23N5O4/c1-22-15(17(25)19-12-3-5-14(27-2)6-4-12)11-16(21-22)20-18(26)23-9-7-13(24)8-10-23/h3-6,11,13,24H,7-10H2,1-2H3,(H,19,25)(H,20,21,26). The lowest BCUT2D eigenvalue weighted by Crippen LogP contribution is -2.42. The molecule has 1 aromatic carbocycles. The highest BCUT2D eigenvalue weighted by Gasteiger charge is 2.22. The van der Waals surface area contributed by atoms with Gasteiger partial charge in [0.1, 0.15) is 11.4 Å². The number of rotatable bonds is 4. The number of anilines is 2. The third kappa shape index (κ3) is 4.56. The number of aromatic nitrogens is 2. The quantitative estimate of drug-likeness (QED) is 0.755. The molecule has 1 saturated heterocycles. The molecule has 2 aromatic rings. The van der Waals surface area contributed by atoms with Crippen molar-refractivity contribution in [1.29, 1.82) is 0 Å². The van der Waals surface area contributed by atoms with Crippen LogP contribution in [0.3, 0.4) is 0 Å². The van der Waals surface area contributed by atoms with Gasteiger partial charge >= 0.3 is 6.03 Å². The van der Waals surface area contributed by atoms with E-state index in [1.54, 1.807) is 43.3 Å². The topological polar surface area (TPSA) is 109 Å². The third-order valence-corrected chi connectivity index (χ3v) is 4.45. The van der Waals surface area contributed by atoms with E-state index in [4.69, 9.17) is 4.74 Å². The molecule has 0 saturated carbocycles. The molecule has 0 spiro atoms. The minimum Gasteiger partial charge on any atom is -0.497 e. The van der Waals surface area contributed by atoms with Gasteiger partial charge in [0.15, 0.2) is 5.82 Å². The molecule has 1 aliphatic heterocycles. The number of methoxy groups -OCH3 is 1. The zero-order chi connectivity index (χ0) is 19.4. The monoisotopic (exact) mass is 373 g/mol. The van der Waals surface area contributed by atoms with Crippen molar-refractivity contribution in [2.75, 3.05) is 30.8 Å². The molecule has 2 heterocycles. The lowest BCUT2D eigenvalue weighted by molar-refractivity contribution is 0.0970. The number of amides is 3. The highest BCUT2D eigenvalue weighted by Crippen LogP contribution is 2.17. The maximum atomic E-state index is 12.5. The maximum absolute atomic E-state index is 12.5. The van der Waals surface area contributed by atoms with Gasteiger partial charge in [0.05, 0.1) is 13.2 Å². The van der Waals surface area contributed by atoms with Crippen molar-refractivity contribution in [3.05, 3.63) is 36.0 Å². The largest absolute Gasteiger partial charge is 0.497 e. The predicted octanol–water partition coefficient (Wildman–Crippen LogP) is 1.67. The molecule has 3 amide bonds. The summed E-state index contributed by atoms with van der Waals surface area (Å²) in [5.74, 6) is 0.661. The van der Waals surface area contributed by atoms with E-state index in [0.717, 1.165) is 0 Å². The molecule has 3 rings (SSSR count). The predicted molar refractivity (Wildman–Crippen MR) is 100.0 cm³/mol. The number of hydrogen-bond acceptors (Lipinski definition) is 5. The van der Waals surface area contributed by atoms with E-state index in [1.807, 2.05) is 0 Å². The molecule has 144 valence electrons. The zero-order valence-corrected chi connectivity index (χ0v) is 15.3. The van der Waals surface area contributed by atoms with Crippen molar-refractivity contribution < 1.29 is 19.4 Å². The second-order valence-corrected chi connectivity index (χ2v) is 6.37. The first-order valence-electron chi connectivity index (χ1n) is 8.69. The normalized spacial score (nSPS) is 14.7. The zero-order valence-electron chi connectivity index (χ0n) is 15.3. The Kier molecular flexibility index (Phi) is 5.60. The number of piperidine rings is 1. The molecule has 3 N–H and O–H groups in total. The molecule has 1 fully saturated rings. The molecular formula is C18H23N5O4. The number of nitrogens with zero attached hydrogens (tertiary/aromatic N) is 3. The number of nitrogens with one attached hydrogen (secondary N) is 2. The molecule has 9 heteroatoms. The number of urea groups is 1. The minimum absolute atomic E-state index is 0.290. The van der Waals surface area contributed by atoms with Crippen LogP contribution >= 0.6 is 0 Å². The first-order valence-corrected chi connectivity index (χ1v) is 8.69. The van der Waals surface area contributed by atoms with Crippen LogP contribution in [0.4, 0.5) is 16.3 Å². The Morgan fingerprint density at radius 3 is 2.48 bits per heavy atom. The SMILES string of the molecule is COc1ccc(NC(=O)c2cc(NC(=O)N3CCC(O)CC3)nn2C)cc1. The number of carbonyl (C=O) groups excluding carboxylic acids is 2. The van der Waals surface area contributed by atoms with Gasteiger partial charge in [-0.15, -0.1) is 0 Å². The van der Waals surface area contributed by atoms with Crippen LogP contribution < -0.4 is 15.4 Å². The summed E-state index contributed by atoms with van der Waals surface area (Å²) in [5, 5.41) is 19.2. The lowest BCUT2D eigenvalue weighted by atomic mass is 10.1. The molecule has 1 aromatic heterocycles. The summed E-state index contributed by atoms with van der Waals surface area (Å²) < 4.78 is 6.50. The Labute approximate surface area is 156 Å². The van der Waals surface area contributed by atoms with Crippen molar-refractivity contribution in [2.45, 2.75) is 18.9 Å². The highest BCUT2D eigenvalue weighted by molar-refractivity contribution is 6.04. The van der Waals surface area contributed by atoms with Crippen molar-refractivity contribution in [3.63, 3.8) is 0 Å². The highest BCUT2D eigenvalue weighted by atomic mass is 16.5. The Morgan fingerprint density at radius 1 is 1.19 bits per heavy atom. The number of benzene rings is 1. The van der Waals surface area contributed by atoms with Crippen LogP contribution in [0.1, 0.15) is 23.3 Å². The van der Waals surface area contributed by atoms with Gasteiger partial charge < -0.3 is 20.1 Å². The molecule has 27 heavy (non-hydrogen) atoms. The number of hydrogen-bond donors (Lipinski definition) is 3. The van der Waals surface area contributed by atoms with E-state index in [9.17, 15) is 14.7 Å². The fourth-order valence-electron chi connectivity index (χ4n) is 2.87. The van der Waals surface area contributed by atoms with Crippen LogP contribution in [0.2, 0.25) is 0 Å². The van der Waals surface area contributed by atoms with E-state index in [1.165, 1.54) is 10.7 Å². The first-order chi connectivity index (χ1) is 13.0. The molecule has 9 nitrogen and oxygen atoms in total. The van der Waals surface area contributed by atoms with Gasteiger partial charge in [-0.1, -0.05) is 0 Å². The van der Waals surface area contributed by atoms with Gasteiger partial charge in [0.25, 0.3) is 5.91 Å². The van der Waals surface area contributed by atoms with Gasteiger partial charge in [0.2, 0.25) is 0 Å². The van der Waals surface area contributed by atoms with E-state index in [-0.39, 0.29) is 18.0 Å². The number of ether oxygens (including phenoxy) is 1. The molecule has 1 aliphatic rings. The Morgan fingerprint density at radius 2 is 1.85 bits per heavy atom. The fraction of sp³-hybridized carbons (Fsp3) is 0.389. The fourth-order valence-corrected chi connectivity index (χ4v) is 2.87. The Bertz CT molecular complexity index is 810. The summed E-state index contributed by atoms with van der Waals surface area (Å²) >= 11 is 0. The molecule has 0 unspecified atom stereocenters. The molecule has 0 aliphatic carbocycles. The second kappa shape index (κ2) is 8.09. The first kappa shape index (κ1) is 18.7. The molecule has 0 radical (unpaired) electrons. The van der Waals surface area contributed by atoms with Crippen LogP contribution in [0.25, 0.3) is 0 Å². The van der Waals surface area contributed by atoms with Crippen molar-refractivity contribution in [1.82, 2.24) is 14.7 Å². The summed E-state index contributed by atoms with van der Waals surface area (Å²) in [6.07, 6.45) is 0.771. The number of likely N-dealkylation sites (tertiary alicyclic amines) is 1. The Hall–Kier alpha value is -3.07. The van der Waals surface area contributed by atoms with Crippen molar-refractivity contribution >= 4 is 23.4 Å². The Balaban J connectivity index is 1.62. The second-order valence-electron chi connectivity index (χ2n) is 6.37. The third-order valence-electron chi connectivity index (χ3n) is 4.45. The average Bonchev–Trinajstić information content (AvgIpc) is 3.03. The van der Waals surface area contributed by atoms with Crippen LogP contribution in [0.5, 0.6) is 5.75 Å². The van der Waals surface area contributed by atoms with E-state index in [2.05, 4.69) is 15.7 Å². The molecular weight excluding hydrogens is 350 g/mol. The van der Waals surface area contributed by atoms with Gasteiger partial charge in [0, 0.05) is 31.9 Å². The number of aliphatic hydroxyl groups excluding tert-OH is 1. The van der Waals surface area contributed by atoms with Crippen molar-refractivity contribution in [3.8, 4) is 5.75 Å². The van der Waals surface area contributed by atoms with Crippen LogP contribution in [-0.4, -0.2) is 58.0 Å². The van der Waals surface area contributed by atoms with Crippen LogP contribution in [0, 0.1) is 0 Å². The minimum atomic E-state index is -0.350. The van der Waals surface area contributed by atoms with Crippen molar-refractivity contribution in [2.24, 2.45) is 7.05 Å². The van der Waals surface area contributed by atoms with Gasteiger partial charge in [-0.2, -0.15) is 5.10 Å². The number of aryl methyl sites for hydroxylation is 1. The number of aliphatic hydroxyl groups is 1. The summed E-state index contributed by atoms with van der Waals surface area (Å²) in [6, 6.07) is 8.21. The van der Waals surface area contributed by atoms with Gasteiger partial charge in [-0.25, -0.2) is 4.79 Å². The average molecular weight is 373 g/mol. The number of carbonyl (C=O) groups is 2.